The first-order valence-electron chi connectivity index (χ1n) is 9.85. The summed E-state index contributed by atoms with van der Waals surface area (Å²) in [7, 11) is -2.18. The van der Waals surface area contributed by atoms with Gasteiger partial charge in [-0.25, -0.2) is 17.8 Å². The topological polar surface area (TPSA) is 84.3 Å². The summed E-state index contributed by atoms with van der Waals surface area (Å²) in [5, 5.41) is 2.84. The summed E-state index contributed by atoms with van der Waals surface area (Å²) in [5.41, 5.74) is 2.36. The Morgan fingerprint density at radius 3 is 2.55 bits per heavy atom. The average molecular weight is 443 g/mol. The molecule has 7 nitrogen and oxygen atoms in total. The normalized spacial score (nSPS) is 19.5. The van der Waals surface area contributed by atoms with Gasteiger partial charge in [0.2, 0.25) is 5.91 Å². The molecular weight excluding hydrogens is 419 g/mol. The number of amides is 1. The van der Waals surface area contributed by atoms with Crippen LogP contribution in [0.15, 0.2) is 66.1 Å². The quantitative estimate of drug-likeness (QED) is 0.659. The predicted molar refractivity (Wildman–Crippen MR) is 114 cm³/mol. The van der Waals surface area contributed by atoms with E-state index in [1.807, 2.05) is 25.1 Å². The number of carbonyl (C=O) groups excluding carboxylic acids is 1. The van der Waals surface area contributed by atoms with Gasteiger partial charge in [0.1, 0.15) is 5.82 Å². The van der Waals surface area contributed by atoms with E-state index in [2.05, 4.69) is 10.3 Å². The molecule has 2 atom stereocenters. The monoisotopic (exact) mass is 442 g/mol. The van der Waals surface area contributed by atoms with Crippen LogP contribution >= 0.6 is 0 Å². The van der Waals surface area contributed by atoms with Gasteiger partial charge >= 0.3 is 0 Å². The van der Waals surface area contributed by atoms with E-state index in [1.54, 1.807) is 29.8 Å². The van der Waals surface area contributed by atoms with Gasteiger partial charge < -0.3 is 9.88 Å². The molecule has 0 unspecified atom stereocenters. The van der Waals surface area contributed by atoms with Crippen molar-refractivity contribution in [1.29, 1.82) is 0 Å². The van der Waals surface area contributed by atoms with E-state index in [0.29, 0.717) is 11.3 Å². The molecule has 0 radical (unpaired) electrons. The molecule has 1 fully saturated rings. The van der Waals surface area contributed by atoms with Gasteiger partial charge in [0, 0.05) is 37.9 Å². The standard InChI is InChI=1S/C22H23FN4O3S/c1-15-4-3-5-18(10-15)25-22(28)20-12-27(31(29,30)21-13-26(2)14-24-21)11-19(20)16-6-8-17(23)9-7-16/h3-10,13-14,19-20H,11-12H2,1-2H3,(H,25,28)/t19-,20+/m0/s1. The molecule has 9 heteroatoms. The highest BCUT2D eigenvalue weighted by Gasteiger charge is 2.44. The van der Waals surface area contributed by atoms with Crippen LogP contribution in [0.5, 0.6) is 0 Å². The number of sulfonamides is 1. The summed E-state index contributed by atoms with van der Waals surface area (Å²) >= 11 is 0. The molecule has 162 valence electrons. The zero-order valence-corrected chi connectivity index (χ0v) is 18.0. The van der Waals surface area contributed by atoms with Crippen LogP contribution in [0.1, 0.15) is 17.0 Å². The van der Waals surface area contributed by atoms with Gasteiger partial charge in [-0.3, -0.25) is 4.79 Å². The number of nitrogens with one attached hydrogen (secondary N) is 1. The van der Waals surface area contributed by atoms with Gasteiger partial charge in [0.15, 0.2) is 5.03 Å². The zero-order chi connectivity index (χ0) is 22.2. The lowest BCUT2D eigenvalue weighted by Gasteiger charge is -2.18. The minimum Gasteiger partial charge on any atom is -0.339 e. The number of halogens is 1. The molecule has 1 N–H and O–H groups in total. The predicted octanol–water partition coefficient (Wildman–Crippen LogP) is 2.91. The van der Waals surface area contributed by atoms with Gasteiger partial charge in [0.05, 0.1) is 12.2 Å². The van der Waals surface area contributed by atoms with Crippen molar-refractivity contribution in [3.63, 3.8) is 0 Å². The van der Waals surface area contributed by atoms with Crippen LogP contribution in [0.2, 0.25) is 0 Å². The number of benzene rings is 2. The van der Waals surface area contributed by atoms with E-state index in [0.717, 1.165) is 5.56 Å². The van der Waals surface area contributed by atoms with Gasteiger partial charge in [0.25, 0.3) is 10.0 Å². The van der Waals surface area contributed by atoms with Crippen molar-refractivity contribution in [1.82, 2.24) is 13.9 Å². The second kappa shape index (κ2) is 8.24. The molecule has 1 saturated heterocycles. The lowest BCUT2D eigenvalue weighted by molar-refractivity contribution is -0.119. The van der Waals surface area contributed by atoms with E-state index in [9.17, 15) is 17.6 Å². The second-order valence-electron chi connectivity index (χ2n) is 7.82. The molecule has 0 spiro atoms. The van der Waals surface area contributed by atoms with Gasteiger partial charge in [-0.15, -0.1) is 0 Å². The lowest BCUT2D eigenvalue weighted by Crippen LogP contribution is -2.32. The molecule has 1 aliphatic rings. The third-order valence-corrected chi connectivity index (χ3v) is 7.21. The van der Waals surface area contributed by atoms with Crippen molar-refractivity contribution >= 4 is 21.6 Å². The largest absolute Gasteiger partial charge is 0.339 e. The van der Waals surface area contributed by atoms with Crippen LogP contribution in [0.25, 0.3) is 0 Å². The Morgan fingerprint density at radius 2 is 1.90 bits per heavy atom. The van der Waals surface area contributed by atoms with E-state index in [1.165, 1.54) is 29.0 Å². The average Bonchev–Trinajstić information content (AvgIpc) is 3.36. The highest BCUT2D eigenvalue weighted by atomic mass is 32.2. The molecule has 1 amide bonds. The van der Waals surface area contributed by atoms with Crippen LogP contribution in [-0.2, 0) is 21.9 Å². The maximum atomic E-state index is 13.4. The number of aromatic nitrogens is 2. The second-order valence-corrected chi connectivity index (χ2v) is 9.71. The molecule has 31 heavy (non-hydrogen) atoms. The Balaban J connectivity index is 1.65. The first-order chi connectivity index (χ1) is 14.7. The maximum absolute atomic E-state index is 13.4. The minimum atomic E-state index is -3.87. The maximum Gasteiger partial charge on any atom is 0.262 e. The van der Waals surface area contributed by atoms with Crippen LogP contribution in [0.3, 0.4) is 0 Å². The zero-order valence-electron chi connectivity index (χ0n) is 17.2. The van der Waals surface area contributed by atoms with Crippen molar-refractivity contribution in [3.8, 4) is 0 Å². The molecule has 0 bridgehead atoms. The Labute approximate surface area is 180 Å². The number of carbonyl (C=O) groups is 1. The van der Waals surface area contributed by atoms with Gasteiger partial charge in [-0.05, 0) is 42.3 Å². The van der Waals surface area contributed by atoms with E-state index >= 15 is 0 Å². The SMILES string of the molecule is Cc1cccc(NC(=O)[C@@H]2CN(S(=O)(=O)c3cn(C)cn3)C[C@H]2c2ccc(F)cc2)c1. The Bertz CT molecular complexity index is 1210. The fourth-order valence-corrected chi connectivity index (χ4v) is 5.35. The van der Waals surface area contributed by atoms with Crippen molar-refractivity contribution in [3.05, 3.63) is 78.0 Å². The molecule has 4 rings (SSSR count). The molecule has 0 saturated carbocycles. The summed E-state index contributed by atoms with van der Waals surface area (Å²) in [6.45, 7) is 2.04. The molecule has 3 aromatic rings. The van der Waals surface area contributed by atoms with Crippen LogP contribution < -0.4 is 5.32 Å². The minimum absolute atomic E-state index is 0.0125. The molecule has 1 aliphatic heterocycles. The Kier molecular flexibility index (Phi) is 5.63. The molecule has 2 heterocycles. The first kappa shape index (κ1) is 21.2. The number of anilines is 1. The molecule has 0 aliphatic carbocycles. The van der Waals surface area contributed by atoms with Gasteiger partial charge in [-0.2, -0.15) is 4.31 Å². The number of hydrogen-bond acceptors (Lipinski definition) is 4. The summed E-state index contributed by atoms with van der Waals surface area (Å²) < 4.78 is 42.5. The summed E-state index contributed by atoms with van der Waals surface area (Å²) in [6, 6.07) is 13.2. The van der Waals surface area contributed by atoms with Crippen LogP contribution in [0.4, 0.5) is 10.1 Å². The summed E-state index contributed by atoms with van der Waals surface area (Å²) in [6.07, 6.45) is 2.85. The van der Waals surface area contributed by atoms with E-state index in [4.69, 9.17) is 0 Å². The van der Waals surface area contributed by atoms with Gasteiger partial charge in [-0.1, -0.05) is 24.3 Å². The molecule has 1 aromatic heterocycles. The van der Waals surface area contributed by atoms with Crippen molar-refractivity contribution in [2.24, 2.45) is 13.0 Å². The smallest absolute Gasteiger partial charge is 0.262 e. The van der Waals surface area contributed by atoms with Crippen LogP contribution in [0, 0.1) is 18.7 Å². The number of imidazole rings is 1. The third-order valence-electron chi connectivity index (χ3n) is 5.49. The molecule has 2 aromatic carbocycles. The van der Waals surface area contributed by atoms with Crippen molar-refractivity contribution in [2.45, 2.75) is 17.9 Å². The van der Waals surface area contributed by atoms with E-state index < -0.39 is 21.9 Å². The Hall–Kier alpha value is -3.04. The summed E-state index contributed by atoms with van der Waals surface area (Å²) in [5.74, 6) is -1.72. The first-order valence-corrected chi connectivity index (χ1v) is 11.3. The molecular formula is C22H23FN4O3S. The summed E-state index contributed by atoms with van der Waals surface area (Å²) in [4.78, 5) is 17.1. The van der Waals surface area contributed by atoms with Crippen molar-refractivity contribution < 1.29 is 17.6 Å². The fraction of sp³-hybridized carbons (Fsp3) is 0.273. The van der Waals surface area contributed by atoms with Crippen molar-refractivity contribution in [2.75, 3.05) is 18.4 Å². The highest BCUT2D eigenvalue weighted by Crippen LogP contribution is 2.36. The number of aryl methyl sites for hydroxylation is 2. The lowest BCUT2D eigenvalue weighted by atomic mass is 9.88. The van der Waals surface area contributed by atoms with E-state index in [-0.39, 0.29) is 29.8 Å². The number of hydrogen-bond donors (Lipinski definition) is 1. The van der Waals surface area contributed by atoms with Crippen LogP contribution in [-0.4, -0.2) is 41.3 Å². The number of rotatable bonds is 5. The fourth-order valence-electron chi connectivity index (χ4n) is 3.89. The highest BCUT2D eigenvalue weighted by molar-refractivity contribution is 7.89. The Morgan fingerprint density at radius 1 is 1.16 bits per heavy atom. The number of nitrogens with zero attached hydrogens (tertiary/aromatic N) is 3. The third kappa shape index (κ3) is 4.38.